The van der Waals surface area contributed by atoms with Gasteiger partial charge in [-0.1, -0.05) is 37.3 Å². The van der Waals surface area contributed by atoms with Gasteiger partial charge in [0.1, 0.15) is 0 Å². The van der Waals surface area contributed by atoms with Gasteiger partial charge >= 0.3 is 0 Å². The van der Waals surface area contributed by atoms with E-state index in [0.29, 0.717) is 43.2 Å². The number of hydrogen-bond acceptors (Lipinski definition) is 2. The number of benzene rings is 1. The van der Waals surface area contributed by atoms with Crippen LogP contribution in [0.15, 0.2) is 18.2 Å². The van der Waals surface area contributed by atoms with Crippen LogP contribution >= 0.6 is 34.2 Å². The van der Waals surface area contributed by atoms with Crippen LogP contribution in [0.4, 0.5) is 0 Å². The lowest BCUT2D eigenvalue weighted by Gasteiger charge is -2.35. The highest BCUT2D eigenvalue weighted by atomic mass is 127. The van der Waals surface area contributed by atoms with E-state index in [0.717, 1.165) is 15.9 Å². The average Bonchev–Trinajstić information content (AvgIpc) is 3.15. The highest BCUT2D eigenvalue weighted by molar-refractivity contribution is 14.1. The molecule has 0 spiro atoms. The van der Waals surface area contributed by atoms with Crippen molar-refractivity contribution in [1.82, 2.24) is 9.80 Å². The van der Waals surface area contributed by atoms with Crippen molar-refractivity contribution in [2.75, 3.05) is 26.2 Å². The number of piperazine rings is 1. The van der Waals surface area contributed by atoms with Crippen molar-refractivity contribution in [3.63, 3.8) is 0 Å². The Bertz CT molecular complexity index is 638. The van der Waals surface area contributed by atoms with Gasteiger partial charge in [0.05, 0.1) is 5.56 Å². The molecule has 0 bridgehead atoms. The van der Waals surface area contributed by atoms with Crippen LogP contribution in [-0.2, 0) is 4.79 Å². The number of carbonyl (C=O) groups excluding carboxylic acids is 2. The van der Waals surface area contributed by atoms with Gasteiger partial charge in [-0.15, -0.1) is 0 Å². The fourth-order valence-electron chi connectivity index (χ4n) is 3.78. The fourth-order valence-corrected chi connectivity index (χ4v) is 4.51. The Morgan fingerprint density at radius 3 is 2.40 bits per heavy atom. The van der Waals surface area contributed by atoms with Crippen LogP contribution in [0.3, 0.4) is 0 Å². The zero-order valence-electron chi connectivity index (χ0n) is 14.3. The SMILES string of the molecule is O=C(CCC1CCCC1)N1CCN(C(=O)c2cc(Cl)ccc2I)CC1. The molecule has 1 heterocycles. The molecule has 1 aliphatic carbocycles. The van der Waals surface area contributed by atoms with Gasteiger partial charge in [0.15, 0.2) is 0 Å². The quantitative estimate of drug-likeness (QED) is 0.614. The summed E-state index contributed by atoms with van der Waals surface area (Å²) < 4.78 is 0.905. The molecule has 0 unspecified atom stereocenters. The molecule has 0 radical (unpaired) electrons. The highest BCUT2D eigenvalue weighted by Crippen LogP contribution is 2.28. The Morgan fingerprint density at radius 1 is 1.08 bits per heavy atom. The second-order valence-electron chi connectivity index (χ2n) is 6.99. The first-order chi connectivity index (χ1) is 12.0. The second-order valence-corrected chi connectivity index (χ2v) is 8.58. The first kappa shape index (κ1) is 19.0. The zero-order chi connectivity index (χ0) is 17.8. The summed E-state index contributed by atoms with van der Waals surface area (Å²) in [6, 6.07) is 5.38. The Balaban J connectivity index is 1.50. The molecule has 0 atom stereocenters. The Kier molecular flexibility index (Phi) is 6.61. The molecule has 1 saturated heterocycles. The fraction of sp³-hybridized carbons (Fsp3) is 0.579. The van der Waals surface area contributed by atoms with Crippen LogP contribution in [0.5, 0.6) is 0 Å². The third-order valence-electron chi connectivity index (χ3n) is 5.32. The summed E-state index contributed by atoms with van der Waals surface area (Å²) in [5.41, 5.74) is 0.647. The molecule has 2 fully saturated rings. The Morgan fingerprint density at radius 2 is 1.72 bits per heavy atom. The van der Waals surface area contributed by atoms with Crippen LogP contribution in [-0.4, -0.2) is 47.8 Å². The van der Waals surface area contributed by atoms with Gasteiger partial charge in [-0.05, 0) is 53.1 Å². The lowest BCUT2D eigenvalue weighted by Crippen LogP contribution is -2.50. The van der Waals surface area contributed by atoms with Gasteiger partial charge in [0.2, 0.25) is 5.91 Å². The summed E-state index contributed by atoms with van der Waals surface area (Å²) in [7, 11) is 0. The van der Waals surface area contributed by atoms with E-state index in [-0.39, 0.29) is 11.8 Å². The number of amides is 2. The van der Waals surface area contributed by atoms with Crippen molar-refractivity contribution in [3.05, 3.63) is 32.4 Å². The first-order valence-corrected chi connectivity index (χ1v) is 10.5. The van der Waals surface area contributed by atoms with Crippen LogP contribution in [0.1, 0.15) is 48.9 Å². The molecule has 1 aliphatic heterocycles. The lowest BCUT2D eigenvalue weighted by atomic mass is 10.0. The van der Waals surface area contributed by atoms with Crippen molar-refractivity contribution >= 4 is 46.0 Å². The van der Waals surface area contributed by atoms with Crippen LogP contribution in [0, 0.1) is 9.49 Å². The summed E-state index contributed by atoms with van der Waals surface area (Å²) in [6.07, 6.45) is 6.90. The van der Waals surface area contributed by atoms with Crippen molar-refractivity contribution in [3.8, 4) is 0 Å². The third-order valence-corrected chi connectivity index (χ3v) is 6.50. The molecule has 1 aromatic carbocycles. The van der Waals surface area contributed by atoms with E-state index in [2.05, 4.69) is 22.6 Å². The standard InChI is InChI=1S/C19H24ClIN2O2/c20-15-6-7-17(21)16(13-15)19(25)23-11-9-22(10-12-23)18(24)8-5-14-3-1-2-4-14/h6-7,13-14H,1-5,8-12H2. The Hall–Kier alpha value is -0.820. The predicted molar refractivity (Wildman–Crippen MR) is 108 cm³/mol. The maximum atomic E-state index is 12.7. The molecule has 0 N–H and O–H groups in total. The maximum Gasteiger partial charge on any atom is 0.255 e. The minimum atomic E-state index is 0.00459. The maximum absolute atomic E-state index is 12.7. The molecule has 0 aromatic heterocycles. The van der Waals surface area contributed by atoms with Gasteiger partial charge in [0, 0.05) is 41.2 Å². The lowest BCUT2D eigenvalue weighted by molar-refractivity contribution is -0.133. The monoisotopic (exact) mass is 474 g/mol. The van der Waals surface area contributed by atoms with Crippen LogP contribution < -0.4 is 0 Å². The predicted octanol–water partition coefficient (Wildman–Crippen LogP) is 4.20. The minimum absolute atomic E-state index is 0.00459. The summed E-state index contributed by atoms with van der Waals surface area (Å²) in [6.45, 7) is 2.45. The molecule has 2 amide bonds. The van der Waals surface area contributed by atoms with Crippen molar-refractivity contribution < 1.29 is 9.59 Å². The summed E-state index contributed by atoms with van der Waals surface area (Å²) >= 11 is 8.19. The molecule has 4 nitrogen and oxygen atoms in total. The molecule has 1 aromatic rings. The minimum Gasteiger partial charge on any atom is -0.339 e. The molecule has 25 heavy (non-hydrogen) atoms. The van der Waals surface area contributed by atoms with Crippen molar-refractivity contribution in [2.24, 2.45) is 5.92 Å². The zero-order valence-corrected chi connectivity index (χ0v) is 17.3. The average molecular weight is 475 g/mol. The van der Waals surface area contributed by atoms with Gasteiger partial charge in [-0.25, -0.2) is 0 Å². The highest BCUT2D eigenvalue weighted by Gasteiger charge is 2.26. The van der Waals surface area contributed by atoms with E-state index in [9.17, 15) is 9.59 Å². The number of rotatable bonds is 4. The molecular formula is C19H24ClIN2O2. The van der Waals surface area contributed by atoms with E-state index in [1.807, 2.05) is 15.9 Å². The molecule has 1 saturated carbocycles. The van der Waals surface area contributed by atoms with Crippen molar-refractivity contribution in [1.29, 1.82) is 0 Å². The van der Waals surface area contributed by atoms with E-state index in [1.165, 1.54) is 25.7 Å². The number of hydrogen-bond donors (Lipinski definition) is 0. The number of carbonyl (C=O) groups is 2. The third kappa shape index (κ3) is 4.88. The number of nitrogens with zero attached hydrogens (tertiary/aromatic N) is 2. The molecular weight excluding hydrogens is 451 g/mol. The van der Waals surface area contributed by atoms with E-state index in [4.69, 9.17) is 11.6 Å². The summed E-state index contributed by atoms with van der Waals surface area (Å²) in [5, 5.41) is 0.574. The Labute approximate surface area is 168 Å². The summed E-state index contributed by atoms with van der Waals surface area (Å²) in [5.74, 6) is 0.998. The molecule has 3 rings (SSSR count). The smallest absolute Gasteiger partial charge is 0.255 e. The van der Waals surface area contributed by atoms with Crippen molar-refractivity contribution in [2.45, 2.75) is 38.5 Å². The van der Waals surface area contributed by atoms with Gasteiger partial charge in [-0.2, -0.15) is 0 Å². The van der Waals surface area contributed by atoms with Crippen LogP contribution in [0.25, 0.3) is 0 Å². The topological polar surface area (TPSA) is 40.6 Å². The molecule has 2 aliphatic rings. The number of halogens is 2. The van der Waals surface area contributed by atoms with Crippen LogP contribution in [0.2, 0.25) is 5.02 Å². The van der Waals surface area contributed by atoms with Gasteiger partial charge < -0.3 is 9.80 Å². The molecule has 136 valence electrons. The first-order valence-electron chi connectivity index (χ1n) is 9.06. The van der Waals surface area contributed by atoms with E-state index < -0.39 is 0 Å². The van der Waals surface area contributed by atoms with E-state index in [1.54, 1.807) is 12.1 Å². The van der Waals surface area contributed by atoms with Gasteiger partial charge in [0.25, 0.3) is 5.91 Å². The normalized spacial score (nSPS) is 18.6. The van der Waals surface area contributed by atoms with E-state index >= 15 is 0 Å². The van der Waals surface area contributed by atoms with Gasteiger partial charge in [-0.3, -0.25) is 9.59 Å². The molecule has 6 heteroatoms. The largest absolute Gasteiger partial charge is 0.339 e. The summed E-state index contributed by atoms with van der Waals surface area (Å²) in [4.78, 5) is 28.9. The second kappa shape index (κ2) is 8.71.